The molecule has 1 rings (SSSR count). The highest BCUT2D eigenvalue weighted by Gasteiger charge is 2.34. The van der Waals surface area contributed by atoms with Gasteiger partial charge in [-0.05, 0) is 6.07 Å². The van der Waals surface area contributed by atoms with Gasteiger partial charge < -0.3 is 9.64 Å². The lowest BCUT2D eigenvalue weighted by Crippen LogP contribution is -2.40. The van der Waals surface area contributed by atoms with Crippen LogP contribution in [0.15, 0.2) is 18.5 Å². The maximum absolute atomic E-state index is 12.5. The van der Waals surface area contributed by atoms with Crippen molar-refractivity contribution in [2.24, 2.45) is 0 Å². The van der Waals surface area contributed by atoms with Crippen LogP contribution >= 0.6 is 11.6 Å². The van der Waals surface area contributed by atoms with Crippen LogP contribution in [0.1, 0.15) is 16.8 Å². The first-order valence-electron chi connectivity index (χ1n) is 5.77. The van der Waals surface area contributed by atoms with Gasteiger partial charge in [0.05, 0.1) is 24.1 Å². The molecule has 0 bridgehead atoms. The van der Waals surface area contributed by atoms with Gasteiger partial charge in [-0.25, -0.2) is 0 Å². The zero-order chi connectivity index (χ0) is 16.0. The van der Waals surface area contributed by atoms with Crippen molar-refractivity contribution < 1.29 is 27.5 Å². The predicted octanol–water partition coefficient (Wildman–Crippen LogP) is 2.30. The first-order valence-corrected chi connectivity index (χ1v) is 6.14. The van der Waals surface area contributed by atoms with Gasteiger partial charge in [-0.1, -0.05) is 11.6 Å². The third kappa shape index (κ3) is 5.58. The normalized spacial score (nSPS) is 11.1. The maximum atomic E-state index is 12.5. The van der Waals surface area contributed by atoms with E-state index in [1.807, 2.05) is 0 Å². The van der Waals surface area contributed by atoms with Crippen LogP contribution in [0, 0.1) is 0 Å². The van der Waals surface area contributed by atoms with E-state index in [0.29, 0.717) is 4.90 Å². The number of hydrogen-bond donors (Lipinski definition) is 0. The molecule has 0 unspecified atom stereocenters. The molecule has 0 radical (unpaired) electrons. The van der Waals surface area contributed by atoms with Gasteiger partial charge in [0.1, 0.15) is 6.54 Å². The standard InChI is InChI=1S/C12H12ClF3N2O3/c1-21-10(19)3-5-18(7-12(14,15)16)11(20)8-2-4-17-6-9(8)13/h2,4,6H,3,5,7H2,1H3. The van der Waals surface area contributed by atoms with Crippen molar-refractivity contribution >= 4 is 23.5 Å². The number of alkyl halides is 3. The summed E-state index contributed by atoms with van der Waals surface area (Å²) in [7, 11) is 1.11. The minimum absolute atomic E-state index is 0.0623. The summed E-state index contributed by atoms with van der Waals surface area (Å²) >= 11 is 5.74. The Balaban J connectivity index is 2.92. The fourth-order valence-corrected chi connectivity index (χ4v) is 1.72. The molecule has 0 atom stereocenters. The molecule has 21 heavy (non-hydrogen) atoms. The molecule has 0 aliphatic carbocycles. The van der Waals surface area contributed by atoms with E-state index in [-0.39, 0.29) is 17.0 Å². The molecule has 0 aromatic carbocycles. The third-order valence-electron chi connectivity index (χ3n) is 2.47. The van der Waals surface area contributed by atoms with E-state index in [0.717, 1.165) is 13.3 Å². The number of hydrogen-bond acceptors (Lipinski definition) is 4. The topological polar surface area (TPSA) is 59.5 Å². The van der Waals surface area contributed by atoms with Crippen molar-refractivity contribution in [2.45, 2.75) is 12.6 Å². The van der Waals surface area contributed by atoms with Crippen LogP contribution in [0.3, 0.4) is 0 Å². The zero-order valence-corrected chi connectivity index (χ0v) is 11.7. The summed E-state index contributed by atoms with van der Waals surface area (Å²) in [6.07, 6.45) is -2.54. The van der Waals surface area contributed by atoms with Gasteiger partial charge in [-0.2, -0.15) is 13.2 Å². The lowest BCUT2D eigenvalue weighted by Gasteiger charge is -2.23. The average molecular weight is 325 g/mol. The Bertz CT molecular complexity index is 523. The van der Waals surface area contributed by atoms with Crippen molar-refractivity contribution in [1.82, 2.24) is 9.88 Å². The third-order valence-corrected chi connectivity index (χ3v) is 2.77. The molecular formula is C12H12ClF3N2O3. The van der Waals surface area contributed by atoms with E-state index in [1.165, 1.54) is 12.3 Å². The Kier molecular flexibility index (Phi) is 5.95. The zero-order valence-electron chi connectivity index (χ0n) is 11.0. The van der Waals surface area contributed by atoms with Gasteiger partial charge in [-0.3, -0.25) is 14.6 Å². The largest absolute Gasteiger partial charge is 0.469 e. The summed E-state index contributed by atoms with van der Waals surface area (Å²) in [5, 5.41) is -0.0623. The molecule has 0 fully saturated rings. The highest BCUT2D eigenvalue weighted by atomic mass is 35.5. The predicted molar refractivity (Wildman–Crippen MR) is 67.8 cm³/mol. The number of esters is 1. The quantitative estimate of drug-likeness (QED) is 0.780. The summed E-state index contributed by atoms with van der Waals surface area (Å²) < 4.78 is 41.9. The van der Waals surface area contributed by atoms with E-state index >= 15 is 0 Å². The number of rotatable bonds is 5. The smallest absolute Gasteiger partial charge is 0.406 e. The molecular weight excluding hydrogens is 313 g/mol. The van der Waals surface area contributed by atoms with E-state index in [4.69, 9.17) is 11.6 Å². The molecule has 0 aliphatic heterocycles. The Labute approximate surface area is 123 Å². The van der Waals surface area contributed by atoms with Gasteiger partial charge in [0.25, 0.3) is 5.91 Å². The molecule has 0 spiro atoms. The molecule has 9 heteroatoms. The van der Waals surface area contributed by atoms with Crippen molar-refractivity contribution in [2.75, 3.05) is 20.2 Å². The lowest BCUT2D eigenvalue weighted by molar-refractivity contribution is -0.147. The number of halogens is 4. The SMILES string of the molecule is COC(=O)CCN(CC(F)(F)F)C(=O)c1ccncc1Cl. The average Bonchev–Trinajstić information content (AvgIpc) is 2.41. The second-order valence-electron chi connectivity index (χ2n) is 4.02. The van der Waals surface area contributed by atoms with Gasteiger partial charge in [-0.15, -0.1) is 0 Å². The van der Waals surface area contributed by atoms with Crippen molar-refractivity contribution in [3.63, 3.8) is 0 Å². The second-order valence-corrected chi connectivity index (χ2v) is 4.43. The fraction of sp³-hybridized carbons (Fsp3) is 0.417. The van der Waals surface area contributed by atoms with Crippen LogP contribution < -0.4 is 0 Å². The minimum atomic E-state index is -4.59. The number of carbonyl (C=O) groups is 2. The molecule has 1 heterocycles. The van der Waals surface area contributed by atoms with Gasteiger partial charge in [0.15, 0.2) is 0 Å². The molecule has 1 aromatic rings. The fourth-order valence-electron chi connectivity index (χ4n) is 1.52. The summed E-state index contributed by atoms with van der Waals surface area (Å²) in [6, 6.07) is 1.21. The second kappa shape index (κ2) is 7.26. The van der Waals surface area contributed by atoms with Crippen molar-refractivity contribution in [3.8, 4) is 0 Å². The molecule has 1 amide bonds. The minimum Gasteiger partial charge on any atom is -0.469 e. The first-order chi connectivity index (χ1) is 9.74. The van der Waals surface area contributed by atoms with Crippen molar-refractivity contribution in [3.05, 3.63) is 29.0 Å². The van der Waals surface area contributed by atoms with Gasteiger partial charge in [0.2, 0.25) is 0 Å². The molecule has 5 nitrogen and oxygen atoms in total. The van der Waals surface area contributed by atoms with E-state index in [2.05, 4.69) is 9.72 Å². The number of aromatic nitrogens is 1. The maximum Gasteiger partial charge on any atom is 0.406 e. The number of amides is 1. The number of nitrogens with zero attached hydrogens (tertiary/aromatic N) is 2. The summed E-state index contributed by atoms with van der Waals surface area (Å²) in [5.74, 6) is -1.64. The number of pyridine rings is 1. The highest BCUT2D eigenvalue weighted by Crippen LogP contribution is 2.21. The lowest BCUT2D eigenvalue weighted by atomic mass is 10.2. The summed E-state index contributed by atoms with van der Waals surface area (Å²) in [6.45, 7) is -1.91. The number of methoxy groups -OCH3 is 1. The van der Waals surface area contributed by atoms with E-state index < -0.39 is 31.1 Å². The Morgan fingerprint density at radius 3 is 2.62 bits per heavy atom. The van der Waals surface area contributed by atoms with E-state index in [9.17, 15) is 22.8 Å². The summed E-state index contributed by atoms with van der Waals surface area (Å²) in [5.41, 5.74) is -0.110. The number of carbonyl (C=O) groups excluding carboxylic acids is 2. The summed E-state index contributed by atoms with van der Waals surface area (Å²) in [4.78, 5) is 27.3. The van der Waals surface area contributed by atoms with Crippen molar-refractivity contribution in [1.29, 1.82) is 0 Å². The van der Waals surface area contributed by atoms with Crippen LogP contribution in [0.25, 0.3) is 0 Å². The molecule has 0 saturated heterocycles. The molecule has 0 saturated carbocycles. The van der Waals surface area contributed by atoms with Crippen LogP contribution in [0.5, 0.6) is 0 Å². The molecule has 1 aromatic heterocycles. The first kappa shape index (κ1) is 17.2. The van der Waals surface area contributed by atoms with Gasteiger partial charge in [0, 0.05) is 18.9 Å². The van der Waals surface area contributed by atoms with Crippen LogP contribution in [0.4, 0.5) is 13.2 Å². The number of ether oxygens (including phenoxy) is 1. The molecule has 0 aliphatic rings. The molecule has 0 N–H and O–H groups in total. The van der Waals surface area contributed by atoms with E-state index in [1.54, 1.807) is 0 Å². The van der Waals surface area contributed by atoms with Crippen LogP contribution in [-0.2, 0) is 9.53 Å². The van der Waals surface area contributed by atoms with Gasteiger partial charge >= 0.3 is 12.1 Å². The monoisotopic (exact) mass is 324 g/mol. The Morgan fingerprint density at radius 1 is 1.43 bits per heavy atom. The highest BCUT2D eigenvalue weighted by molar-refractivity contribution is 6.33. The van der Waals surface area contributed by atoms with Crippen LogP contribution in [-0.4, -0.2) is 48.1 Å². The Hall–Kier alpha value is -1.83. The van der Waals surface area contributed by atoms with Crippen LogP contribution in [0.2, 0.25) is 5.02 Å². The Morgan fingerprint density at radius 2 is 2.10 bits per heavy atom. The molecule has 116 valence electrons.